The molecule has 3 heterocycles. The number of fused-ring (bicyclic) bond motifs is 1. The van der Waals surface area contributed by atoms with E-state index in [4.69, 9.17) is 8.94 Å². The first kappa shape index (κ1) is 20.1. The SMILES string of the molecule is O=C(CCn1c(=O)oc2ccccc21)NCCCCCc1nc(-c2cccs2)no1. The molecule has 0 atom stereocenters. The summed E-state index contributed by atoms with van der Waals surface area (Å²) < 4.78 is 11.9. The van der Waals surface area contributed by atoms with Crippen LogP contribution in [0.4, 0.5) is 0 Å². The fraction of sp³-hybridized carbons (Fsp3) is 0.333. The maximum absolute atomic E-state index is 12.1. The molecule has 0 fully saturated rings. The van der Waals surface area contributed by atoms with Crippen LogP contribution in [0.1, 0.15) is 31.6 Å². The number of amides is 1. The molecule has 0 aliphatic rings. The van der Waals surface area contributed by atoms with Crippen LogP contribution in [0.5, 0.6) is 0 Å². The average molecular weight is 426 g/mol. The van der Waals surface area contributed by atoms with E-state index >= 15 is 0 Å². The van der Waals surface area contributed by atoms with Crippen LogP contribution in [0, 0.1) is 0 Å². The quantitative estimate of drug-likeness (QED) is 0.389. The summed E-state index contributed by atoms with van der Waals surface area (Å²) in [5.41, 5.74) is 1.24. The van der Waals surface area contributed by atoms with Gasteiger partial charge < -0.3 is 14.3 Å². The van der Waals surface area contributed by atoms with E-state index in [0.717, 1.165) is 30.6 Å². The molecule has 0 spiro atoms. The van der Waals surface area contributed by atoms with Crippen molar-refractivity contribution in [1.82, 2.24) is 20.0 Å². The van der Waals surface area contributed by atoms with E-state index in [0.29, 0.717) is 35.9 Å². The van der Waals surface area contributed by atoms with Crippen LogP contribution in [-0.2, 0) is 17.8 Å². The first-order valence-electron chi connectivity index (χ1n) is 9.92. The maximum Gasteiger partial charge on any atom is 0.419 e. The third kappa shape index (κ3) is 4.85. The van der Waals surface area contributed by atoms with Crippen molar-refractivity contribution in [3.63, 3.8) is 0 Å². The minimum absolute atomic E-state index is 0.0790. The van der Waals surface area contributed by atoms with Crippen molar-refractivity contribution in [2.45, 2.75) is 38.6 Å². The van der Waals surface area contributed by atoms with Crippen LogP contribution in [0.2, 0.25) is 0 Å². The fourth-order valence-corrected chi connectivity index (χ4v) is 3.84. The highest BCUT2D eigenvalue weighted by atomic mass is 32.1. The van der Waals surface area contributed by atoms with Gasteiger partial charge in [-0.25, -0.2) is 4.79 Å². The number of thiophene rings is 1. The van der Waals surface area contributed by atoms with Crippen molar-refractivity contribution in [2.75, 3.05) is 6.54 Å². The summed E-state index contributed by atoms with van der Waals surface area (Å²) in [5.74, 6) is 0.758. The molecule has 0 unspecified atom stereocenters. The fourth-order valence-electron chi connectivity index (χ4n) is 3.20. The number of para-hydroxylation sites is 2. The molecule has 1 amide bonds. The molecule has 0 saturated carbocycles. The monoisotopic (exact) mass is 426 g/mol. The standard InChI is InChI=1S/C21H22N4O4S/c26-18(11-13-25-15-7-3-4-8-16(15)28-21(25)27)22-12-5-1-2-10-19-23-20(24-29-19)17-9-6-14-30-17/h3-4,6-9,14H,1-2,5,10-13H2,(H,22,26). The number of carbonyl (C=O) groups excluding carboxylic acids is 1. The van der Waals surface area contributed by atoms with E-state index in [1.807, 2.05) is 35.7 Å². The Kier molecular flexibility index (Phi) is 6.38. The molecule has 1 aromatic carbocycles. The number of benzene rings is 1. The van der Waals surface area contributed by atoms with E-state index < -0.39 is 5.76 Å². The number of hydrogen-bond acceptors (Lipinski definition) is 7. The highest BCUT2D eigenvalue weighted by Gasteiger charge is 2.11. The Morgan fingerprint density at radius 3 is 2.90 bits per heavy atom. The van der Waals surface area contributed by atoms with Crippen molar-refractivity contribution in [3.05, 3.63) is 58.2 Å². The normalized spacial score (nSPS) is 11.2. The van der Waals surface area contributed by atoms with Gasteiger partial charge in [0.2, 0.25) is 17.6 Å². The number of carbonyl (C=O) groups is 1. The van der Waals surface area contributed by atoms with Gasteiger partial charge >= 0.3 is 5.76 Å². The van der Waals surface area contributed by atoms with Gasteiger partial charge in [-0.1, -0.05) is 29.8 Å². The highest BCUT2D eigenvalue weighted by molar-refractivity contribution is 7.13. The minimum atomic E-state index is -0.438. The van der Waals surface area contributed by atoms with Crippen molar-refractivity contribution in [3.8, 4) is 10.7 Å². The predicted molar refractivity (Wildman–Crippen MR) is 113 cm³/mol. The third-order valence-corrected chi connectivity index (χ3v) is 5.60. The summed E-state index contributed by atoms with van der Waals surface area (Å²) in [6.45, 7) is 0.898. The van der Waals surface area contributed by atoms with E-state index in [1.165, 1.54) is 4.57 Å². The summed E-state index contributed by atoms with van der Waals surface area (Å²) >= 11 is 1.58. The molecule has 0 saturated heterocycles. The number of nitrogens with zero attached hydrogens (tertiary/aromatic N) is 3. The van der Waals surface area contributed by atoms with Crippen molar-refractivity contribution in [1.29, 1.82) is 0 Å². The second kappa shape index (κ2) is 9.53. The Bertz CT molecular complexity index is 1160. The van der Waals surface area contributed by atoms with Gasteiger partial charge in [-0.3, -0.25) is 9.36 Å². The lowest BCUT2D eigenvalue weighted by atomic mass is 10.2. The van der Waals surface area contributed by atoms with Gasteiger partial charge in [-0.2, -0.15) is 4.98 Å². The maximum atomic E-state index is 12.1. The Labute approximate surface area is 176 Å². The van der Waals surface area contributed by atoms with Gasteiger partial charge in [0.05, 0.1) is 10.4 Å². The molecule has 4 aromatic rings. The molecular weight excluding hydrogens is 404 g/mol. The van der Waals surface area contributed by atoms with E-state index in [9.17, 15) is 9.59 Å². The summed E-state index contributed by atoms with van der Waals surface area (Å²) in [5, 5.41) is 8.88. The van der Waals surface area contributed by atoms with Crippen LogP contribution < -0.4 is 11.1 Å². The molecule has 4 rings (SSSR count). The molecule has 9 heteroatoms. The Morgan fingerprint density at radius 1 is 1.13 bits per heavy atom. The van der Waals surface area contributed by atoms with Gasteiger partial charge in [0.1, 0.15) is 0 Å². The van der Waals surface area contributed by atoms with Crippen molar-refractivity contribution in [2.24, 2.45) is 0 Å². The zero-order valence-electron chi connectivity index (χ0n) is 16.4. The summed E-state index contributed by atoms with van der Waals surface area (Å²) in [6.07, 6.45) is 3.69. The number of unbranched alkanes of at least 4 members (excludes halogenated alkanes) is 2. The lowest BCUT2D eigenvalue weighted by molar-refractivity contribution is -0.121. The number of hydrogen-bond donors (Lipinski definition) is 1. The van der Waals surface area contributed by atoms with Gasteiger partial charge in [0.15, 0.2) is 5.58 Å². The van der Waals surface area contributed by atoms with Gasteiger partial charge in [-0.05, 0) is 36.4 Å². The van der Waals surface area contributed by atoms with Crippen molar-refractivity contribution >= 4 is 28.3 Å². The smallest absolute Gasteiger partial charge is 0.408 e. The topological polar surface area (TPSA) is 103 Å². The largest absolute Gasteiger partial charge is 0.419 e. The molecule has 0 bridgehead atoms. The molecule has 0 aliphatic heterocycles. The number of aromatic nitrogens is 3. The van der Waals surface area contributed by atoms with Crippen LogP contribution in [0.15, 0.2) is 55.5 Å². The van der Waals surface area contributed by atoms with Gasteiger partial charge in [0, 0.05) is 25.9 Å². The number of oxazole rings is 1. The predicted octanol–water partition coefficient (Wildman–Crippen LogP) is 3.63. The van der Waals surface area contributed by atoms with Crippen LogP contribution in [-0.4, -0.2) is 27.2 Å². The highest BCUT2D eigenvalue weighted by Crippen LogP contribution is 2.21. The zero-order chi connectivity index (χ0) is 20.8. The molecule has 8 nitrogen and oxygen atoms in total. The average Bonchev–Trinajstić information content (AvgIpc) is 3.48. The van der Waals surface area contributed by atoms with Crippen LogP contribution in [0.3, 0.4) is 0 Å². The Morgan fingerprint density at radius 2 is 2.03 bits per heavy atom. The summed E-state index contributed by atoms with van der Waals surface area (Å²) in [4.78, 5) is 29.4. The van der Waals surface area contributed by atoms with Crippen LogP contribution >= 0.6 is 11.3 Å². The first-order valence-corrected chi connectivity index (χ1v) is 10.8. The Hall–Kier alpha value is -3.20. The molecule has 156 valence electrons. The Balaban J connectivity index is 1.13. The molecule has 30 heavy (non-hydrogen) atoms. The second-order valence-electron chi connectivity index (χ2n) is 6.89. The minimum Gasteiger partial charge on any atom is -0.408 e. The van der Waals surface area contributed by atoms with E-state index in [-0.39, 0.29) is 12.3 Å². The van der Waals surface area contributed by atoms with Crippen molar-refractivity contribution < 1.29 is 13.7 Å². The van der Waals surface area contributed by atoms with E-state index in [2.05, 4.69) is 15.5 Å². The zero-order valence-corrected chi connectivity index (χ0v) is 17.2. The molecule has 0 aliphatic carbocycles. The molecule has 1 N–H and O–H groups in total. The molecule has 0 radical (unpaired) electrons. The summed E-state index contributed by atoms with van der Waals surface area (Å²) in [6, 6.07) is 11.1. The number of nitrogens with one attached hydrogen (secondary N) is 1. The first-order chi connectivity index (χ1) is 14.7. The number of rotatable bonds is 10. The number of aryl methyl sites for hydroxylation is 2. The lowest BCUT2D eigenvalue weighted by Crippen LogP contribution is -2.27. The third-order valence-electron chi connectivity index (χ3n) is 4.74. The van der Waals surface area contributed by atoms with E-state index in [1.54, 1.807) is 17.4 Å². The van der Waals surface area contributed by atoms with Gasteiger partial charge in [0.25, 0.3) is 0 Å². The lowest BCUT2D eigenvalue weighted by Gasteiger charge is -2.05. The van der Waals surface area contributed by atoms with Crippen LogP contribution in [0.25, 0.3) is 21.8 Å². The molecular formula is C21H22N4O4S. The second-order valence-corrected chi connectivity index (χ2v) is 7.83. The van der Waals surface area contributed by atoms with Gasteiger partial charge in [-0.15, -0.1) is 11.3 Å². The summed E-state index contributed by atoms with van der Waals surface area (Å²) in [7, 11) is 0. The molecule has 3 aromatic heterocycles.